The van der Waals surface area contributed by atoms with E-state index >= 15 is 0 Å². The molecular formula is C10H14O2. The highest BCUT2D eigenvalue weighted by atomic mass is 16.6. The molecule has 0 aromatic heterocycles. The van der Waals surface area contributed by atoms with Gasteiger partial charge in [0.25, 0.3) is 0 Å². The highest BCUT2D eigenvalue weighted by Crippen LogP contribution is 2.37. The van der Waals surface area contributed by atoms with Gasteiger partial charge in [0.1, 0.15) is 6.10 Å². The van der Waals surface area contributed by atoms with Gasteiger partial charge in [0, 0.05) is 5.92 Å². The zero-order valence-corrected chi connectivity index (χ0v) is 7.54. The lowest BCUT2D eigenvalue weighted by molar-refractivity contribution is -0.142. The summed E-state index contributed by atoms with van der Waals surface area (Å²) in [7, 11) is 0. The van der Waals surface area contributed by atoms with Crippen molar-refractivity contribution in [1.82, 2.24) is 0 Å². The van der Waals surface area contributed by atoms with E-state index in [2.05, 4.69) is 13.0 Å². The Bertz CT molecular complexity index is 242. The van der Waals surface area contributed by atoms with Crippen molar-refractivity contribution in [3.05, 3.63) is 11.6 Å². The van der Waals surface area contributed by atoms with E-state index in [4.69, 9.17) is 4.74 Å². The smallest absolute Gasteiger partial charge is 0.309 e. The Morgan fingerprint density at radius 3 is 3.08 bits per heavy atom. The van der Waals surface area contributed by atoms with Crippen molar-refractivity contribution in [2.75, 3.05) is 0 Å². The number of esters is 1. The molecule has 66 valence electrons. The summed E-state index contributed by atoms with van der Waals surface area (Å²) in [5.74, 6) is 0.538. The zero-order chi connectivity index (χ0) is 8.72. The largest absolute Gasteiger partial charge is 0.458 e. The zero-order valence-electron chi connectivity index (χ0n) is 7.54. The van der Waals surface area contributed by atoms with Gasteiger partial charge in [-0.2, -0.15) is 0 Å². The van der Waals surface area contributed by atoms with Gasteiger partial charge in [-0.3, -0.25) is 4.79 Å². The van der Waals surface area contributed by atoms with Gasteiger partial charge in [-0.1, -0.05) is 12.5 Å². The summed E-state index contributed by atoms with van der Waals surface area (Å²) < 4.78 is 5.23. The Hall–Kier alpha value is -0.790. The quantitative estimate of drug-likeness (QED) is 0.406. The fourth-order valence-electron chi connectivity index (χ4n) is 2.12. The lowest BCUT2D eigenvalue weighted by Gasteiger charge is -2.22. The second-order valence-corrected chi connectivity index (χ2v) is 3.91. The van der Waals surface area contributed by atoms with Crippen molar-refractivity contribution in [1.29, 1.82) is 0 Å². The molecule has 2 heteroatoms. The number of fused-ring (bicyclic) bond motifs is 1. The molecule has 0 aromatic carbocycles. The molecule has 1 heterocycles. The van der Waals surface area contributed by atoms with Crippen molar-refractivity contribution >= 4 is 5.97 Å². The predicted octanol–water partition coefficient (Wildman–Crippen LogP) is 1.90. The Labute approximate surface area is 72.6 Å². The maximum absolute atomic E-state index is 11.2. The van der Waals surface area contributed by atoms with Crippen LogP contribution >= 0.6 is 0 Å². The van der Waals surface area contributed by atoms with Gasteiger partial charge in [-0.25, -0.2) is 0 Å². The Balaban J connectivity index is 2.22. The molecule has 2 rings (SSSR count). The molecule has 12 heavy (non-hydrogen) atoms. The molecule has 3 atom stereocenters. The third-order valence-corrected chi connectivity index (χ3v) is 3.01. The van der Waals surface area contributed by atoms with Crippen LogP contribution in [0.3, 0.4) is 0 Å². The number of carbonyl (C=O) groups is 1. The summed E-state index contributed by atoms with van der Waals surface area (Å²) in [6, 6.07) is 0. The lowest BCUT2D eigenvalue weighted by Crippen LogP contribution is -2.21. The summed E-state index contributed by atoms with van der Waals surface area (Å²) in [4.78, 5) is 11.2. The molecule has 0 spiro atoms. The second-order valence-electron chi connectivity index (χ2n) is 3.91. The summed E-state index contributed by atoms with van der Waals surface area (Å²) in [5.41, 5.74) is 1.36. The molecule has 1 aliphatic carbocycles. The fraction of sp³-hybridized carbons (Fsp3) is 0.700. The van der Waals surface area contributed by atoms with Crippen molar-refractivity contribution in [2.24, 2.45) is 11.8 Å². The van der Waals surface area contributed by atoms with Crippen molar-refractivity contribution < 1.29 is 9.53 Å². The molecule has 1 aliphatic heterocycles. The SMILES string of the molecule is CC1=C[C@H]2OC(=O)[C@@H](C)[C@H]2CC1. The minimum atomic E-state index is -0.0176. The molecule has 0 saturated carbocycles. The molecule has 0 aromatic rings. The van der Waals surface area contributed by atoms with Crippen LogP contribution in [0.4, 0.5) is 0 Å². The average Bonchev–Trinajstić information content (AvgIpc) is 2.28. The number of rotatable bonds is 0. The third kappa shape index (κ3) is 1.06. The molecule has 0 amide bonds. The van der Waals surface area contributed by atoms with Gasteiger partial charge in [0.15, 0.2) is 0 Å². The van der Waals surface area contributed by atoms with Crippen LogP contribution in [-0.2, 0) is 9.53 Å². The Kier molecular flexibility index (Phi) is 1.71. The molecule has 0 unspecified atom stereocenters. The first-order valence-electron chi connectivity index (χ1n) is 4.56. The molecule has 1 saturated heterocycles. The van der Waals surface area contributed by atoms with Gasteiger partial charge in [0.05, 0.1) is 5.92 Å². The van der Waals surface area contributed by atoms with Crippen LogP contribution in [0.5, 0.6) is 0 Å². The molecule has 0 radical (unpaired) electrons. The number of allylic oxidation sites excluding steroid dienone is 1. The first-order valence-corrected chi connectivity index (χ1v) is 4.56. The molecule has 0 bridgehead atoms. The van der Waals surface area contributed by atoms with Crippen molar-refractivity contribution in [3.8, 4) is 0 Å². The van der Waals surface area contributed by atoms with E-state index in [0.29, 0.717) is 5.92 Å². The lowest BCUT2D eigenvalue weighted by atomic mass is 9.82. The summed E-state index contributed by atoms with van der Waals surface area (Å²) in [5, 5.41) is 0. The maximum Gasteiger partial charge on any atom is 0.309 e. The van der Waals surface area contributed by atoms with Crippen LogP contribution in [0.15, 0.2) is 11.6 Å². The first-order chi connectivity index (χ1) is 5.68. The van der Waals surface area contributed by atoms with Crippen molar-refractivity contribution in [2.45, 2.75) is 32.8 Å². The third-order valence-electron chi connectivity index (χ3n) is 3.01. The van der Waals surface area contributed by atoms with E-state index in [0.717, 1.165) is 12.8 Å². The van der Waals surface area contributed by atoms with Gasteiger partial charge in [0.2, 0.25) is 0 Å². The second kappa shape index (κ2) is 2.61. The number of ether oxygens (including phenoxy) is 1. The van der Waals surface area contributed by atoms with E-state index in [1.54, 1.807) is 0 Å². The minimum absolute atomic E-state index is 0.0176. The standard InChI is InChI=1S/C10H14O2/c1-6-3-4-8-7(2)10(11)12-9(8)5-6/h5,7-9H,3-4H2,1-2H3/t7-,8+,9+/m0/s1. The minimum Gasteiger partial charge on any atom is -0.458 e. The number of carbonyl (C=O) groups excluding carboxylic acids is 1. The first kappa shape index (κ1) is 7.84. The van der Waals surface area contributed by atoms with E-state index < -0.39 is 0 Å². The normalized spacial score (nSPS) is 40.3. The Morgan fingerprint density at radius 2 is 2.33 bits per heavy atom. The molecular weight excluding hydrogens is 152 g/mol. The maximum atomic E-state index is 11.2. The van der Waals surface area contributed by atoms with Crippen LogP contribution in [0, 0.1) is 11.8 Å². The van der Waals surface area contributed by atoms with E-state index in [1.165, 1.54) is 5.57 Å². The van der Waals surface area contributed by atoms with Crippen LogP contribution in [0.2, 0.25) is 0 Å². The predicted molar refractivity (Wildman–Crippen MR) is 45.5 cm³/mol. The fourth-order valence-corrected chi connectivity index (χ4v) is 2.12. The number of hydrogen-bond donors (Lipinski definition) is 0. The van der Waals surface area contributed by atoms with Gasteiger partial charge < -0.3 is 4.74 Å². The van der Waals surface area contributed by atoms with Crippen molar-refractivity contribution in [3.63, 3.8) is 0 Å². The van der Waals surface area contributed by atoms with Gasteiger partial charge in [-0.15, -0.1) is 0 Å². The highest BCUT2D eigenvalue weighted by molar-refractivity contribution is 5.75. The summed E-state index contributed by atoms with van der Waals surface area (Å²) in [6.45, 7) is 4.08. The van der Waals surface area contributed by atoms with Crippen LogP contribution in [0.25, 0.3) is 0 Å². The average molecular weight is 166 g/mol. The number of hydrogen-bond acceptors (Lipinski definition) is 2. The van der Waals surface area contributed by atoms with E-state index in [9.17, 15) is 4.79 Å². The van der Waals surface area contributed by atoms with Crippen LogP contribution < -0.4 is 0 Å². The Morgan fingerprint density at radius 1 is 1.58 bits per heavy atom. The molecule has 2 nitrogen and oxygen atoms in total. The molecule has 2 aliphatic rings. The van der Waals surface area contributed by atoms with Gasteiger partial charge in [-0.05, 0) is 25.8 Å². The monoisotopic (exact) mass is 166 g/mol. The van der Waals surface area contributed by atoms with E-state index in [1.807, 2.05) is 6.92 Å². The van der Waals surface area contributed by atoms with Gasteiger partial charge >= 0.3 is 5.97 Å². The van der Waals surface area contributed by atoms with Crippen LogP contribution in [0.1, 0.15) is 26.7 Å². The topological polar surface area (TPSA) is 26.3 Å². The highest BCUT2D eigenvalue weighted by Gasteiger charge is 2.41. The van der Waals surface area contributed by atoms with Crippen LogP contribution in [-0.4, -0.2) is 12.1 Å². The van der Waals surface area contributed by atoms with E-state index in [-0.39, 0.29) is 18.0 Å². The summed E-state index contributed by atoms with van der Waals surface area (Å²) in [6.07, 6.45) is 4.43. The molecule has 1 fully saturated rings. The summed E-state index contributed by atoms with van der Waals surface area (Å²) >= 11 is 0. The molecule has 0 N–H and O–H groups in total.